The lowest BCUT2D eigenvalue weighted by Gasteiger charge is -2.18. The van der Waals surface area contributed by atoms with Gasteiger partial charge in [0.05, 0.1) is 0 Å². The van der Waals surface area contributed by atoms with Gasteiger partial charge in [-0.15, -0.1) is 0 Å². The highest BCUT2D eigenvalue weighted by molar-refractivity contribution is 5.95. The second-order valence-corrected chi connectivity index (χ2v) is 6.53. The molecule has 0 radical (unpaired) electrons. The minimum absolute atomic E-state index is 0.0164. The van der Waals surface area contributed by atoms with Gasteiger partial charge in [-0.1, -0.05) is 23.8 Å². The normalized spacial score (nSPS) is 10.5. The van der Waals surface area contributed by atoms with E-state index in [0.29, 0.717) is 30.8 Å². The first kappa shape index (κ1) is 19.7. The summed E-state index contributed by atoms with van der Waals surface area (Å²) in [6.45, 7) is 9.44. The molecule has 0 spiro atoms. The van der Waals surface area contributed by atoms with Gasteiger partial charge in [-0.3, -0.25) is 9.59 Å². The summed E-state index contributed by atoms with van der Waals surface area (Å²) in [4.78, 5) is 26.3. The number of anilines is 1. The van der Waals surface area contributed by atoms with E-state index in [1.807, 2.05) is 13.8 Å². The van der Waals surface area contributed by atoms with Gasteiger partial charge in [0.15, 0.2) is 0 Å². The van der Waals surface area contributed by atoms with Gasteiger partial charge in [-0.2, -0.15) is 0 Å². The van der Waals surface area contributed by atoms with Gasteiger partial charge in [0.25, 0.3) is 5.91 Å². The molecule has 0 aromatic heterocycles. The molecule has 0 aliphatic heterocycles. The number of nitrogens with zero attached hydrogens (tertiary/aromatic N) is 1. The summed E-state index contributed by atoms with van der Waals surface area (Å²) in [6.07, 6.45) is 1.15. The number of carbonyl (C=O) groups is 2. The predicted molar refractivity (Wildman–Crippen MR) is 107 cm³/mol. The van der Waals surface area contributed by atoms with Crippen molar-refractivity contribution in [1.82, 2.24) is 4.90 Å². The Kier molecular flexibility index (Phi) is 6.96. The zero-order valence-electron chi connectivity index (χ0n) is 16.1. The number of nitrogens with one attached hydrogen (secondary N) is 1. The maximum absolute atomic E-state index is 12.3. The van der Waals surface area contributed by atoms with Crippen molar-refractivity contribution in [2.75, 3.05) is 18.4 Å². The fourth-order valence-electron chi connectivity index (χ4n) is 2.99. The quantitative estimate of drug-likeness (QED) is 0.805. The summed E-state index contributed by atoms with van der Waals surface area (Å²) < 4.78 is 0. The van der Waals surface area contributed by atoms with Crippen LogP contribution in [0.3, 0.4) is 0 Å². The third-order valence-electron chi connectivity index (χ3n) is 4.59. The number of aryl methyl sites for hydroxylation is 3. The molecule has 138 valence electrons. The maximum Gasteiger partial charge on any atom is 0.253 e. The van der Waals surface area contributed by atoms with Gasteiger partial charge in [0.1, 0.15) is 0 Å². The average molecular weight is 352 g/mol. The highest BCUT2D eigenvalue weighted by Crippen LogP contribution is 2.15. The second-order valence-electron chi connectivity index (χ2n) is 6.53. The van der Waals surface area contributed by atoms with E-state index in [4.69, 9.17) is 0 Å². The van der Waals surface area contributed by atoms with E-state index in [-0.39, 0.29) is 11.8 Å². The van der Waals surface area contributed by atoms with E-state index in [1.165, 1.54) is 16.7 Å². The smallest absolute Gasteiger partial charge is 0.253 e. The molecule has 0 fully saturated rings. The number of amides is 2. The van der Waals surface area contributed by atoms with Gasteiger partial charge in [0.2, 0.25) is 5.91 Å². The molecular formula is C22H28N2O2. The van der Waals surface area contributed by atoms with Crippen LogP contribution in [0.25, 0.3) is 0 Å². The zero-order chi connectivity index (χ0) is 19.1. The molecule has 0 aliphatic carbocycles. The molecule has 0 saturated heterocycles. The lowest BCUT2D eigenvalue weighted by atomic mass is 10.0. The molecular weight excluding hydrogens is 324 g/mol. The van der Waals surface area contributed by atoms with E-state index in [2.05, 4.69) is 37.4 Å². The lowest BCUT2D eigenvalue weighted by Crippen LogP contribution is -2.30. The monoisotopic (exact) mass is 352 g/mol. The fourth-order valence-corrected chi connectivity index (χ4v) is 2.99. The molecule has 0 atom stereocenters. The Hall–Kier alpha value is -2.62. The van der Waals surface area contributed by atoms with Gasteiger partial charge < -0.3 is 10.2 Å². The van der Waals surface area contributed by atoms with E-state index in [0.717, 1.165) is 6.42 Å². The van der Waals surface area contributed by atoms with Crippen LogP contribution in [0, 0.1) is 13.8 Å². The number of benzene rings is 2. The highest BCUT2D eigenvalue weighted by Gasteiger charge is 2.12. The number of hydrogen-bond acceptors (Lipinski definition) is 2. The topological polar surface area (TPSA) is 49.4 Å². The minimum Gasteiger partial charge on any atom is -0.339 e. The highest BCUT2D eigenvalue weighted by atomic mass is 16.2. The molecule has 0 heterocycles. The van der Waals surface area contributed by atoms with E-state index >= 15 is 0 Å². The molecule has 2 aromatic rings. The molecule has 0 saturated carbocycles. The van der Waals surface area contributed by atoms with Crippen LogP contribution in [0.1, 0.15) is 47.3 Å². The molecule has 2 aromatic carbocycles. The summed E-state index contributed by atoms with van der Waals surface area (Å²) >= 11 is 0. The third kappa shape index (κ3) is 5.19. The summed E-state index contributed by atoms with van der Waals surface area (Å²) in [5, 5.41) is 2.90. The summed E-state index contributed by atoms with van der Waals surface area (Å²) in [7, 11) is 0. The van der Waals surface area contributed by atoms with Crippen molar-refractivity contribution in [3.8, 4) is 0 Å². The average Bonchev–Trinajstić information content (AvgIpc) is 2.62. The zero-order valence-corrected chi connectivity index (χ0v) is 16.1. The lowest BCUT2D eigenvalue weighted by molar-refractivity contribution is -0.116. The van der Waals surface area contributed by atoms with Crippen molar-refractivity contribution in [3.05, 3.63) is 64.7 Å². The van der Waals surface area contributed by atoms with Crippen LogP contribution >= 0.6 is 0 Å². The van der Waals surface area contributed by atoms with E-state index in [9.17, 15) is 9.59 Å². The Balaban J connectivity index is 1.92. The Morgan fingerprint density at radius 3 is 2.19 bits per heavy atom. The molecule has 2 rings (SSSR count). The summed E-state index contributed by atoms with van der Waals surface area (Å²) in [6, 6.07) is 13.4. The van der Waals surface area contributed by atoms with Crippen molar-refractivity contribution in [2.45, 2.75) is 40.5 Å². The second kappa shape index (κ2) is 9.18. The minimum atomic E-state index is -0.0206. The van der Waals surface area contributed by atoms with Crippen LogP contribution in [0.2, 0.25) is 0 Å². The number of rotatable bonds is 7. The standard InChI is InChI=1S/C22H28N2O2/c1-5-24(6-2)22(26)19-9-12-20(13-10-19)23-21(25)14-11-18-8-7-16(3)15-17(18)4/h7-10,12-13,15H,5-6,11,14H2,1-4H3,(H,23,25). The third-order valence-corrected chi connectivity index (χ3v) is 4.59. The first-order chi connectivity index (χ1) is 12.4. The van der Waals surface area contributed by atoms with Crippen LogP contribution in [0.4, 0.5) is 5.69 Å². The van der Waals surface area contributed by atoms with Crippen LogP contribution in [0.5, 0.6) is 0 Å². The first-order valence-electron chi connectivity index (χ1n) is 9.20. The Morgan fingerprint density at radius 2 is 1.62 bits per heavy atom. The Labute approximate surface area is 156 Å². The fraction of sp³-hybridized carbons (Fsp3) is 0.364. The number of hydrogen-bond donors (Lipinski definition) is 1. The Bertz CT molecular complexity index is 762. The van der Waals surface area contributed by atoms with Crippen LogP contribution in [-0.4, -0.2) is 29.8 Å². The van der Waals surface area contributed by atoms with Crippen LogP contribution in [-0.2, 0) is 11.2 Å². The van der Waals surface area contributed by atoms with Gasteiger partial charge >= 0.3 is 0 Å². The van der Waals surface area contributed by atoms with Crippen molar-refractivity contribution >= 4 is 17.5 Å². The molecule has 0 unspecified atom stereocenters. The van der Waals surface area contributed by atoms with Crippen molar-refractivity contribution in [2.24, 2.45) is 0 Å². The molecule has 4 nitrogen and oxygen atoms in total. The first-order valence-corrected chi connectivity index (χ1v) is 9.20. The van der Waals surface area contributed by atoms with Gasteiger partial charge in [0, 0.05) is 30.8 Å². The van der Waals surface area contributed by atoms with E-state index < -0.39 is 0 Å². The summed E-state index contributed by atoms with van der Waals surface area (Å²) in [5.41, 5.74) is 5.01. The maximum atomic E-state index is 12.3. The van der Waals surface area contributed by atoms with Crippen molar-refractivity contribution in [1.29, 1.82) is 0 Å². The van der Waals surface area contributed by atoms with Crippen molar-refractivity contribution in [3.63, 3.8) is 0 Å². The molecule has 0 aliphatic rings. The Morgan fingerprint density at radius 1 is 0.962 bits per heavy atom. The summed E-state index contributed by atoms with van der Waals surface area (Å²) in [5.74, 6) is -0.00415. The van der Waals surface area contributed by atoms with Gasteiger partial charge in [-0.05, 0) is 69.5 Å². The van der Waals surface area contributed by atoms with Crippen molar-refractivity contribution < 1.29 is 9.59 Å². The van der Waals surface area contributed by atoms with Crippen LogP contribution in [0.15, 0.2) is 42.5 Å². The predicted octanol–water partition coefficient (Wildman–Crippen LogP) is 4.36. The van der Waals surface area contributed by atoms with Gasteiger partial charge in [-0.25, -0.2) is 0 Å². The molecule has 26 heavy (non-hydrogen) atoms. The number of carbonyl (C=O) groups excluding carboxylic acids is 2. The van der Waals surface area contributed by atoms with E-state index in [1.54, 1.807) is 29.2 Å². The van der Waals surface area contributed by atoms with Crippen LogP contribution < -0.4 is 5.32 Å². The molecule has 4 heteroatoms. The molecule has 1 N–H and O–H groups in total. The molecule has 0 bridgehead atoms. The largest absolute Gasteiger partial charge is 0.339 e. The molecule has 2 amide bonds. The SMILES string of the molecule is CCN(CC)C(=O)c1ccc(NC(=O)CCc2ccc(C)cc2C)cc1.